The number of cyclic esters (lactones) is 1. The van der Waals surface area contributed by atoms with Gasteiger partial charge in [0.25, 0.3) is 0 Å². The van der Waals surface area contributed by atoms with Crippen LogP contribution in [-0.2, 0) is 9.53 Å². The van der Waals surface area contributed by atoms with E-state index in [1.54, 1.807) is 12.1 Å². The van der Waals surface area contributed by atoms with E-state index in [1.165, 1.54) is 12.1 Å². The van der Waals surface area contributed by atoms with Crippen LogP contribution in [0.2, 0.25) is 0 Å². The minimum absolute atomic E-state index is 0.217. The molecule has 0 amide bonds. The predicted octanol–water partition coefficient (Wildman–Crippen LogP) is 3.36. The number of carbonyl (C=O) groups is 1. The molecule has 1 aliphatic rings. The number of hydrogen-bond donors (Lipinski definition) is 0. The number of anilines is 1. The monoisotopic (exact) mass is 297 g/mol. The Morgan fingerprint density at radius 2 is 1.55 bits per heavy atom. The van der Waals surface area contributed by atoms with Gasteiger partial charge in [-0.25, -0.2) is 9.18 Å². The first-order chi connectivity index (χ1) is 10.6. The van der Waals surface area contributed by atoms with Crippen LogP contribution in [0, 0.1) is 5.82 Å². The van der Waals surface area contributed by atoms with Crippen molar-refractivity contribution in [2.75, 3.05) is 25.6 Å². The molecule has 0 saturated heterocycles. The third kappa shape index (κ3) is 2.60. The van der Waals surface area contributed by atoms with Crippen molar-refractivity contribution in [3.63, 3.8) is 0 Å². The number of benzene rings is 2. The van der Waals surface area contributed by atoms with Gasteiger partial charge in [0, 0.05) is 25.4 Å². The van der Waals surface area contributed by atoms with Gasteiger partial charge in [-0.1, -0.05) is 24.3 Å². The van der Waals surface area contributed by atoms with Crippen LogP contribution in [-0.4, -0.2) is 26.7 Å². The SMILES string of the molecule is CN(C)c1ccc(C2=C(c3ccc(F)cc3)COC2=O)cc1. The topological polar surface area (TPSA) is 29.5 Å². The van der Waals surface area contributed by atoms with Crippen molar-refractivity contribution in [1.29, 1.82) is 0 Å². The Hall–Kier alpha value is -2.62. The van der Waals surface area contributed by atoms with Gasteiger partial charge in [0.05, 0.1) is 5.57 Å². The first kappa shape index (κ1) is 14.3. The molecule has 3 rings (SSSR count). The molecule has 3 nitrogen and oxygen atoms in total. The second-order valence-corrected chi connectivity index (χ2v) is 5.38. The maximum atomic E-state index is 13.1. The fourth-order valence-electron chi connectivity index (χ4n) is 2.50. The summed E-state index contributed by atoms with van der Waals surface area (Å²) in [7, 11) is 3.92. The summed E-state index contributed by atoms with van der Waals surface area (Å²) < 4.78 is 18.2. The Bertz CT molecular complexity index is 731. The lowest BCUT2D eigenvalue weighted by molar-refractivity contribution is -0.133. The molecule has 1 aliphatic heterocycles. The van der Waals surface area contributed by atoms with Crippen molar-refractivity contribution < 1.29 is 13.9 Å². The van der Waals surface area contributed by atoms with Gasteiger partial charge in [-0.15, -0.1) is 0 Å². The molecule has 2 aromatic carbocycles. The van der Waals surface area contributed by atoms with Gasteiger partial charge < -0.3 is 9.64 Å². The maximum absolute atomic E-state index is 13.1. The van der Waals surface area contributed by atoms with Crippen molar-refractivity contribution >= 4 is 22.8 Å². The summed E-state index contributed by atoms with van der Waals surface area (Å²) in [6.07, 6.45) is 0. The van der Waals surface area contributed by atoms with E-state index in [9.17, 15) is 9.18 Å². The lowest BCUT2D eigenvalue weighted by Crippen LogP contribution is -2.08. The zero-order chi connectivity index (χ0) is 15.7. The number of hydrogen-bond acceptors (Lipinski definition) is 3. The number of rotatable bonds is 3. The summed E-state index contributed by atoms with van der Waals surface area (Å²) in [5.74, 6) is -0.636. The molecule has 0 spiro atoms. The van der Waals surface area contributed by atoms with Crippen LogP contribution >= 0.6 is 0 Å². The van der Waals surface area contributed by atoms with Gasteiger partial charge in [-0.05, 0) is 35.4 Å². The molecule has 4 heteroatoms. The quantitative estimate of drug-likeness (QED) is 0.814. The Kier molecular flexibility index (Phi) is 3.67. The van der Waals surface area contributed by atoms with Gasteiger partial charge in [-0.2, -0.15) is 0 Å². The highest BCUT2D eigenvalue weighted by atomic mass is 19.1. The number of nitrogens with zero attached hydrogens (tertiary/aromatic N) is 1. The van der Waals surface area contributed by atoms with E-state index < -0.39 is 0 Å². The third-order valence-electron chi connectivity index (χ3n) is 3.72. The van der Waals surface area contributed by atoms with Crippen LogP contribution in [0.5, 0.6) is 0 Å². The highest BCUT2D eigenvalue weighted by Crippen LogP contribution is 2.33. The number of ether oxygens (including phenoxy) is 1. The maximum Gasteiger partial charge on any atom is 0.339 e. The largest absolute Gasteiger partial charge is 0.457 e. The van der Waals surface area contributed by atoms with E-state index in [0.29, 0.717) is 5.57 Å². The van der Waals surface area contributed by atoms with Crippen LogP contribution in [0.4, 0.5) is 10.1 Å². The lowest BCUT2D eigenvalue weighted by atomic mass is 9.96. The Labute approximate surface area is 128 Å². The molecule has 1 heterocycles. The van der Waals surface area contributed by atoms with Crippen LogP contribution < -0.4 is 4.90 Å². The van der Waals surface area contributed by atoms with Crippen molar-refractivity contribution in [1.82, 2.24) is 0 Å². The molecule has 0 aromatic heterocycles. The molecular weight excluding hydrogens is 281 g/mol. The molecule has 0 saturated carbocycles. The molecule has 0 aliphatic carbocycles. The van der Waals surface area contributed by atoms with E-state index in [2.05, 4.69) is 0 Å². The Balaban J connectivity index is 2.05. The summed E-state index contributed by atoms with van der Waals surface area (Å²) in [5, 5.41) is 0. The average Bonchev–Trinajstić information content (AvgIpc) is 2.90. The van der Waals surface area contributed by atoms with E-state index >= 15 is 0 Å². The second-order valence-electron chi connectivity index (χ2n) is 5.38. The smallest absolute Gasteiger partial charge is 0.339 e. The minimum Gasteiger partial charge on any atom is -0.457 e. The van der Waals surface area contributed by atoms with Gasteiger partial charge in [0.15, 0.2) is 0 Å². The van der Waals surface area contributed by atoms with Gasteiger partial charge in [0.2, 0.25) is 0 Å². The van der Waals surface area contributed by atoms with Crippen molar-refractivity contribution in [2.24, 2.45) is 0 Å². The Morgan fingerprint density at radius 1 is 0.955 bits per heavy atom. The molecule has 0 atom stereocenters. The van der Waals surface area contributed by atoms with Crippen molar-refractivity contribution in [3.8, 4) is 0 Å². The van der Waals surface area contributed by atoms with Crippen LogP contribution in [0.1, 0.15) is 11.1 Å². The van der Waals surface area contributed by atoms with Crippen molar-refractivity contribution in [2.45, 2.75) is 0 Å². The molecule has 0 fully saturated rings. The molecule has 0 N–H and O–H groups in total. The van der Waals surface area contributed by atoms with E-state index in [4.69, 9.17) is 4.74 Å². The van der Waals surface area contributed by atoms with Crippen LogP contribution in [0.3, 0.4) is 0 Å². The summed E-state index contributed by atoms with van der Waals surface area (Å²) in [6.45, 7) is 0.217. The molecule has 2 aromatic rings. The highest BCUT2D eigenvalue weighted by Gasteiger charge is 2.27. The summed E-state index contributed by atoms with van der Waals surface area (Å²) in [4.78, 5) is 14.1. The molecule has 112 valence electrons. The average molecular weight is 297 g/mol. The van der Waals surface area contributed by atoms with Crippen molar-refractivity contribution in [3.05, 3.63) is 65.5 Å². The number of carbonyl (C=O) groups excluding carboxylic acids is 1. The van der Waals surface area contributed by atoms with Gasteiger partial charge in [-0.3, -0.25) is 0 Å². The molecule has 22 heavy (non-hydrogen) atoms. The number of halogens is 1. The molecule has 0 bridgehead atoms. The first-order valence-corrected chi connectivity index (χ1v) is 7.00. The third-order valence-corrected chi connectivity index (χ3v) is 3.72. The fraction of sp³-hybridized carbons (Fsp3) is 0.167. The van der Waals surface area contributed by atoms with Gasteiger partial charge in [0.1, 0.15) is 12.4 Å². The lowest BCUT2D eigenvalue weighted by Gasteiger charge is -2.13. The molecule has 0 radical (unpaired) electrons. The summed E-state index contributed by atoms with van der Waals surface area (Å²) in [6, 6.07) is 13.8. The first-order valence-electron chi connectivity index (χ1n) is 7.00. The summed E-state index contributed by atoms with van der Waals surface area (Å²) in [5.41, 5.74) is 4.02. The second kappa shape index (κ2) is 5.64. The van der Waals surface area contributed by atoms with Crippen LogP contribution in [0.25, 0.3) is 11.1 Å². The zero-order valence-electron chi connectivity index (χ0n) is 12.5. The molecule has 0 unspecified atom stereocenters. The Morgan fingerprint density at radius 3 is 2.14 bits per heavy atom. The van der Waals surface area contributed by atoms with E-state index in [0.717, 1.165) is 22.4 Å². The molecular formula is C18H16FNO2. The fourth-order valence-corrected chi connectivity index (χ4v) is 2.50. The minimum atomic E-state index is -0.336. The standard InChI is InChI=1S/C18H16FNO2/c1-20(2)15-9-5-13(6-10-15)17-16(11-22-18(17)21)12-3-7-14(19)8-4-12/h3-10H,11H2,1-2H3. The van der Waals surface area contributed by atoms with E-state index in [-0.39, 0.29) is 18.4 Å². The summed E-state index contributed by atoms with van der Waals surface area (Å²) >= 11 is 0. The zero-order valence-corrected chi connectivity index (χ0v) is 12.5. The van der Waals surface area contributed by atoms with Gasteiger partial charge >= 0.3 is 5.97 Å². The highest BCUT2D eigenvalue weighted by molar-refractivity contribution is 6.27. The number of esters is 1. The normalized spacial score (nSPS) is 14.2. The van der Waals surface area contributed by atoms with Crippen LogP contribution in [0.15, 0.2) is 48.5 Å². The van der Waals surface area contributed by atoms with E-state index in [1.807, 2.05) is 43.3 Å². The predicted molar refractivity (Wildman–Crippen MR) is 84.9 cm³/mol.